The molecule has 10 heteroatoms. The van der Waals surface area contributed by atoms with E-state index in [-0.39, 0.29) is 13.1 Å². The van der Waals surface area contributed by atoms with Gasteiger partial charge in [-0.3, -0.25) is 9.10 Å². The molecule has 0 aromatic heterocycles. The summed E-state index contributed by atoms with van der Waals surface area (Å²) >= 11 is 0. The van der Waals surface area contributed by atoms with Crippen molar-refractivity contribution in [2.45, 2.75) is 6.54 Å². The van der Waals surface area contributed by atoms with Crippen molar-refractivity contribution in [3.05, 3.63) is 60.2 Å². The Hall–Kier alpha value is -2.43. The summed E-state index contributed by atoms with van der Waals surface area (Å²) in [5, 5.41) is 2.61. The molecule has 0 saturated carbocycles. The predicted molar refractivity (Wildman–Crippen MR) is 110 cm³/mol. The molecule has 0 unspecified atom stereocenters. The summed E-state index contributed by atoms with van der Waals surface area (Å²) in [7, 11) is -5.64. The van der Waals surface area contributed by atoms with Gasteiger partial charge in [0, 0.05) is 19.3 Å². The number of rotatable bonds is 8. The second-order valence-electron chi connectivity index (χ2n) is 6.35. The van der Waals surface area contributed by atoms with Crippen LogP contribution in [0.25, 0.3) is 0 Å². The summed E-state index contributed by atoms with van der Waals surface area (Å²) in [4.78, 5) is 12.4. The molecule has 152 valence electrons. The molecule has 0 heterocycles. The maximum atomic E-state index is 12.4. The first-order valence-corrected chi connectivity index (χ1v) is 12.0. The van der Waals surface area contributed by atoms with Gasteiger partial charge >= 0.3 is 0 Å². The third-order valence-corrected chi connectivity index (χ3v) is 6.38. The van der Waals surface area contributed by atoms with Crippen LogP contribution in [0.4, 0.5) is 11.4 Å². The minimum absolute atomic E-state index is 0.0734. The number of anilines is 2. The van der Waals surface area contributed by atoms with Gasteiger partial charge in [-0.1, -0.05) is 36.4 Å². The molecule has 0 spiro atoms. The van der Waals surface area contributed by atoms with E-state index in [2.05, 4.69) is 5.32 Å². The lowest BCUT2D eigenvalue weighted by Crippen LogP contribution is -2.36. The summed E-state index contributed by atoms with van der Waals surface area (Å²) in [5.41, 5.74) is 1.51. The van der Waals surface area contributed by atoms with E-state index in [9.17, 15) is 21.6 Å². The van der Waals surface area contributed by atoms with E-state index in [1.165, 1.54) is 13.1 Å². The average Bonchev–Trinajstić information content (AvgIpc) is 2.60. The monoisotopic (exact) mass is 425 g/mol. The summed E-state index contributed by atoms with van der Waals surface area (Å²) in [6.45, 7) is -0.288. The Kier molecular flexibility index (Phi) is 6.81. The number of sulfonamides is 2. The Morgan fingerprint density at radius 3 is 2.14 bits per heavy atom. The van der Waals surface area contributed by atoms with Crippen LogP contribution in [0.3, 0.4) is 0 Å². The summed E-state index contributed by atoms with van der Waals surface area (Å²) < 4.78 is 49.6. The molecule has 0 aliphatic heterocycles. The number of nitrogens with one attached hydrogen (secondary N) is 1. The van der Waals surface area contributed by atoms with Crippen LogP contribution in [0.1, 0.15) is 5.56 Å². The summed E-state index contributed by atoms with van der Waals surface area (Å²) in [6, 6.07) is 15.3. The Morgan fingerprint density at radius 1 is 0.929 bits per heavy atom. The SMILES string of the molecule is CN(c1cccc(NC(=O)CN(Cc2ccccc2)S(C)(=O)=O)c1)S(C)(=O)=O. The highest BCUT2D eigenvalue weighted by Gasteiger charge is 2.21. The normalized spacial score (nSPS) is 12.0. The lowest BCUT2D eigenvalue weighted by atomic mass is 10.2. The van der Waals surface area contributed by atoms with Crippen molar-refractivity contribution in [3.8, 4) is 0 Å². The van der Waals surface area contributed by atoms with Gasteiger partial charge in [-0.25, -0.2) is 16.8 Å². The number of amides is 1. The van der Waals surface area contributed by atoms with Crippen LogP contribution >= 0.6 is 0 Å². The number of hydrogen-bond donors (Lipinski definition) is 1. The van der Waals surface area contributed by atoms with Gasteiger partial charge in [0.1, 0.15) is 0 Å². The van der Waals surface area contributed by atoms with Crippen molar-refractivity contribution in [2.75, 3.05) is 35.7 Å². The molecule has 0 saturated heterocycles. The smallest absolute Gasteiger partial charge is 0.239 e. The van der Waals surface area contributed by atoms with Crippen LogP contribution < -0.4 is 9.62 Å². The molecule has 0 aliphatic rings. The molecule has 0 aliphatic carbocycles. The van der Waals surface area contributed by atoms with Gasteiger partial charge < -0.3 is 5.32 Å². The topological polar surface area (TPSA) is 104 Å². The zero-order valence-corrected chi connectivity index (χ0v) is 17.5. The average molecular weight is 426 g/mol. The van der Waals surface area contributed by atoms with Crippen LogP contribution in [0.5, 0.6) is 0 Å². The predicted octanol–water partition coefficient (Wildman–Crippen LogP) is 1.48. The van der Waals surface area contributed by atoms with E-state index < -0.39 is 26.0 Å². The van der Waals surface area contributed by atoms with Gasteiger partial charge in [-0.2, -0.15) is 4.31 Å². The molecule has 0 bridgehead atoms. The van der Waals surface area contributed by atoms with Crippen LogP contribution in [0.2, 0.25) is 0 Å². The third kappa shape index (κ3) is 6.32. The van der Waals surface area contributed by atoms with Crippen molar-refractivity contribution >= 4 is 37.3 Å². The molecular weight excluding hydrogens is 402 g/mol. The molecule has 0 radical (unpaired) electrons. The standard InChI is InChI=1S/C18H23N3O5S2/c1-20(27(2,23)24)17-11-7-10-16(12-17)19-18(22)14-21(28(3,25)26)13-15-8-5-4-6-9-15/h4-12H,13-14H2,1-3H3,(H,19,22). The van der Waals surface area contributed by atoms with E-state index in [0.717, 1.165) is 26.7 Å². The van der Waals surface area contributed by atoms with Crippen LogP contribution in [0, 0.1) is 0 Å². The zero-order chi connectivity index (χ0) is 20.9. The maximum Gasteiger partial charge on any atom is 0.239 e. The van der Waals surface area contributed by atoms with E-state index in [1.54, 1.807) is 42.5 Å². The molecule has 2 rings (SSSR count). The first-order chi connectivity index (χ1) is 13.0. The largest absolute Gasteiger partial charge is 0.325 e. The Balaban J connectivity index is 2.13. The van der Waals surface area contributed by atoms with Crippen molar-refractivity contribution in [1.82, 2.24) is 4.31 Å². The van der Waals surface area contributed by atoms with E-state index in [1.807, 2.05) is 6.07 Å². The van der Waals surface area contributed by atoms with Gasteiger partial charge in [0.15, 0.2) is 0 Å². The Morgan fingerprint density at radius 2 is 1.57 bits per heavy atom. The Labute approximate surface area is 165 Å². The van der Waals surface area contributed by atoms with E-state index in [0.29, 0.717) is 11.4 Å². The highest BCUT2D eigenvalue weighted by atomic mass is 32.2. The van der Waals surface area contributed by atoms with Crippen molar-refractivity contribution < 1.29 is 21.6 Å². The fraction of sp³-hybridized carbons (Fsp3) is 0.278. The number of nitrogens with zero attached hydrogens (tertiary/aromatic N) is 2. The number of hydrogen-bond acceptors (Lipinski definition) is 5. The molecule has 2 aromatic rings. The summed E-state index contributed by atoms with van der Waals surface area (Å²) in [5.74, 6) is -0.527. The van der Waals surface area contributed by atoms with Crippen molar-refractivity contribution in [2.24, 2.45) is 0 Å². The van der Waals surface area contributed by atoms with Gasteiger partial charge in [-0.15, -0.1) is 0 Å². The fourth-order valence-corrected chi connectivity index (χ4v) is 3.64. The van der Waals surface area contributed by atoms with E-state index >= 15 is 0 Å². The second-order valence-corrected chi connectivity index (χ2v) is 10.3. The van der Waals surface area contributed by atoms with E-state index in [4.69, 9.17) is 0 Å². The van der Waals surface area contributed by atoms with Gasteiger partial charge in [0.2, 0.25) is 26.0 Å². The molecule has 28 heavy (non-hydrogen) atoms. The molecule has 1 N–H and O–H groups in total. The van der Waals surface area contributed by atoms with Gasteiger partial charge in [0.25, 0.3) is 0 Å². The number of benzene rings is 2. The first-order valence-electron chi connectivity index (χ1n) is 8.29. The molecule has 0 atom stereocenters. The first kappa shape index (κ1) is 21.9. The third-order valence-electron chi connectivity index (χ3n) is 3.98. The fourth-order valence-electron chi connectivity index (χ4n) is 2.41. The summed E-state index contributed by atoms with van der Waals surface area (Å²) in [6.07, 6.45) is 2.12. The minimum Gasteiger partial charge on any atom is -0.325 e. The minimum atomic E-state index is -3.61. The highest BCUT2D eigenvalue weighted by molar-refractivity contribution is 7.92. The molecule has 0 fully saturated rings. The quantitative estimate of drug-likeness (QED) is 0.690. The maximum absolute atomic E-state index is 12.4. The lowest BCUT2D eigenvalue weighted by Gasteiger charge is -2.20. The molecule has 2 aromatic carbocycles. The molecule has 1 amide bonds. The van der Waals surface area contributed by atoms with Gasteiger partial charge in [0.05, 0.1) is 24.7 Å². The van der Waals surface area contributed by atoms with Crippen molar-refractivity contribution in [1.29, 1.82) is 0 Å². The number of carbonyl (C=O) groups is 1. The van der Waals surface area contributed by atoms with Crippen LogP contribution in [-0.2, 0) is 31.4 Å². The van der Waals surface area contributed by atoms with Crippen LogP contribution in [0.15, 0.2) is 54.6 Å². The lowest BCUT2D eigenvalue weighted by molar-refractivity contribution is -0.116. The number of carbonyl (C=O) groups excluding carboxylic acids is 1. The van der Waals surface area contributed by atoms with Crippen LogP contribution in [-0.4, -0.2) is 53.2 Å². The Bertz CT molecular complexity index is 1040. The highest BCUT2D eigenvalue weighted by Crippen LogP contribution is 2.20. The zero-order valence-electron chi connectivity index (χ0n) is 15.9. The second kappa shape index (κ2) is 8.72. The molecular formula is C18H23N3O5S2. The molecule has 8 nitrogen and oxygen atoms in total. The van der Waals surface area contributed by atoms with Gasteiger partial charge in [-0.05, 0) is 23.8 Å². The van der Waals surface area contributed by atoms with Crippen molar-refractivity contribution in [3.63, 3.8) is 0 Å².